The maximum Gasteiger partial charge on any atom is 0.308 e. The normalized spacial score (nSPS) is 14.8. The van der Waals surface area contributed by atoms with Crippen LogP contribution >= 0.6 is 11.3 Å². The van der Waals surface area contributed by atoms with Gasteiger partial charge in [0.05, 0.1) is 21.7 Å². The highest BCUT2D eigenvalue weighted by Gasteiger charge is 2.21. The Morgan fingerprint density at radius 1 is 0.970 bits per heavy atom. The van der Waals surface area contributed by atoms with Crippen molar-refractivity contribution in [1.29, 1.82) is 0 Å². The third-order valence-electron chi connectivity index (χ3n) is 6.34. The molecule has 1 atom stereocenters. The van der Waals surface area contributed by atoms with E-state index < -0.39 is 10.0 Å². The molecule has 5 rings (SSSR count). The zero-order valence-electron chi connectivity index (χ0n) is 18.5. The largest absolute Gasteiger partial charge is 0.308 e. The number of hydrogen-bond acceptors (Lipinski definition) is 4. The molecule has 0 unspecified atom stereocenters. The van der Waals surface area contributed by atoms with Crippen LogP contribution in [0.1, 0.15) is 48.1 Å². The van der Waals surface area contributed by atoms with Gasteiger partial charge in [-0.25, -0.2) is 13.1 Å². The lowest BCUT2D eigenvalue weighted by Gasteiger charge is -2.20. The van der Waals surface area contributed by atoms with Crippen molar-refractivity contribution in [3.05, 3.63) is 98.7 Å². The van der Waals surface area contributed by atoms with Gasteiger partial charge in [-0.15, -0.1) is 0 Å². The Labute approximate surface area is 197 Å². The van der Waals surface area contributed by atoms with E-state index in [-0.39, 0.29) is 15.8 Å². The molecule has 1 N–H and O–H groups in total. The fourth-order valence-electron chi connectivity index (χ4n) is 4.52. The molecule has 1 aliphatic rings. The molecule has 7 heteroatoms. The lowest BCUT2D eigenvalue weighted by atomic mass is 9.89. The van der Waals surface area contributed by atoms with Crippen LogP contribution < -0.4 is 9.60 Å². The van der Waals surface area contributed by atoms with Crippen molar-refractivity contribution in [3.8, 4) is 0 Å². The molecular weight excluding hydrogens is 452 g/mol. The molecular formula is C26H26N2O3S2. The molecule has 3 aromatic carbocycles. The van der Waals surface area contributed by atoms with Crippen LogP contribution in [0.25, 0.3) is 10.2 Å². The fraction of sp³-hybridized carbons (Fsp3) is 0.269. The summed E-state index contributed by atoms with van der Waals surface area (Å²) in [5.41, 5.74) is 5.45. The minimum absolute atomic E-state index is 0.0983. The van der Waals surface area contributed by atoms with Crippen molar-refractivity contribution in [3.63, 3.8) is 0 Å². The van der Waals surface area contributed by atoms with Gasteiger partial charge in [0, 0.05) is 6.04 Å². The molecule has 0 bridgehead atoms. The van der Waals surface area contributed by atoms with E-state index in [1.807, 2.05) is 43.3 Å². The van der Waals surface area contributed by atoms with Crippen molar-refractivity contribution in [2.75, 3.05) is 0 Å². The molecule has 170 valence electrons. The Morgan fingerprint density at radius 3 is 2.52 bits per heavy atom. The number of sulfonamides is 1. The van der Waals surface area contributed by atoms with Gasteiger partial charge in [0.1, 0.15) is 0 Å². The molecule has 5 nitrogen and oxygen atoms in total. The maximum absolute atomic E-state index is 13.1. The lowest BCUT2D eigenvalue weighted by Crippen LogP contribution is -2.27. The predicted molar refractivity (Wildman–Crippen MR) is 133 cm³/mol. The van der Waals surface area contributed by atoms with E-state index in [9.17, 15) is 13.2 Å². The second kappa shape index (κ2) is 8.89. The van der Waals surface area contributed by atoms with Crippen LogP contribution in [0.15, 0.2) is 76.4 Å². The van der Waals surface area contributed by atoms with Crippen LogP contribution in [0, 0.1) is 0 Å². The molecule has 0 amide bonds. The minimum Gasteiger partial charge on any atom is -0.294 e. The predicted octanol–water partition coefficient (Wildman–Crippen LogP) is 5.03. The first-order valence-corrected chi connectivity index (χ1v) is 13.5. The van der Waals surface area contributed by atoms with Crippen molar-refractivity contribution < 1.29 is 8.42 Å². The van der Waals surface area contributed by atoms with Gasteiger partial charge in [-0.05, 0) is 73.1 Å². The molecule has 0 fully saturated rings. The molecule has 0 saturated carbocycles. The summed E-state index contributed by atoms with van der Waals surface area (Å²) in [5, 5.41) is 0. The Morgan fingerprint density at radius 2 is 1.73 bits per heavy atom. The first-order valence-electron chi connectivity index (χ1n) is 11.2. The van der Waals surface area contributed by atoms with Crippen molar-refractivity contribution >= 4 is 31.6 Å². The standard InChI is InChI=1S/C26H26N2O3S2/c1-18(21-12-11-20-9-5-6-10-22(20)15-21)27-33(30,31)23-13-14-24-25(16-23)32-26(29)28(24)17-19-7-3-2-4-8-19/h2-4,7-8,11-16,18,27H,5-6,9-10,17H2,1H3/t18-/m1/s1. The molecule has 0 radical (unpaired) electrons. The average Bonchev–Trinajstić information content (AvgIpc) is 3.13. The number of nitrogens with one attached hydrogen (secondary N) is 1. The van der Waals surface area contributed by atoms with E-state index >= 15 is 0 Å². The summed E-state index contributed by atoms with van der Waals surface area (Å²) in [6, 6.07) is 20.6. The number of hydrogen-bond donors (Lipinski definition) is 1. The van der Waals surface area contributed by atoms with E-state index in [0.29, 0.717) is 11.2 Å². The number of thiazole rings is 1. The summed E-state index contributed by atoms with van der Waals surface area (Å²) in [6.45, 7) is 2.33. The van der Waals surface area contributed by atoms with Crippen LogP contribution in [-0.2, 0) is 29.4 Å². The minimum atomic E-state index is -3.74. The first-order chi connectivity index (χ1) is 15.9. The number of aromatic nitrogens is 1. The molecule has 1 heterocycles. The third-order valence-corrected chi connectivity index (χ3v) is 8.82. The van der Waals surface area contributed by atoms with Crippen molar-refractivity contribution in [1.82, 2.24) is 9.29 Å². The lowest BCUT2D eigenvalue weighted by molar-refractivity contribution is 0.566. The van der Waals surface area contributed by atoms with E-state index in [2.05, 4.69) is 16.9 Å². The summed E-state index contributed by atoms with van der Waals surface area (Å²) in [5.74, 6) is 0. The van der Waals surface area contributed by atoms with Crippen LogP contribution in [0.4, 0.5) is 0 Å². The summed E-state index contributed by atoms with van der Waals surface area (Å²) >= 11 is 1.07. The summed E-state index contributed by atoms with van der Waals surface area (Å²) < 4.78 is 31.4. The average molecular weight is 479 g/mol. The number of aryl methyl sites for hydroxylation is 2. The highest BCUT2D eigenvalue weighted by molar-refractivity contribution is 7.89. The highest BCUT2D eigenvalue weighted by Crippen LogP contribution is 2.27. The van der Waals surface area contributed by atoms with E-state index in [1.54, 1.807) is 22.8 Å². The van der Waals surface area contributed by atoms with Gasteiger partial charge in [-0.1, -0.05) is 59.9 Å². The number of fused-ring (bicyclic) bond motifs is 2. The monoisotopic (exact) mass is 478 g/mol. The van der Waals surface area contributed by atoms with Gasteiger partial charge in [0.2, 0.25) is 10.0 Å². The van der Waals surface area contributed by atoms with Crippen molar-refractivity contribution in [2.45, 2.75) is 50.1 Å². The van der Waals surface area contributed by atoms with E-state index in [1.165, 1.54) is 24.0 Å². The topological polar surface area (TPSA) is 68.2 Å². The highest BCUT2D eigenvalue weighted by atomic mass is 32.2. The number of benzene rings is 3. The van der Waals surface area contributed by atoms with Gasteiger partial charge in [-0.3, -0.25) is 9.36 Å². The molecule has 1 aliphatic carbocycles. The van der Waals surface area contributed by atoms with Crippen LogP contribution in [0.5, 0.6) is 0 Å². The second-order valence-corrected chi connectivity index (χ2v) is 11.4. The molecule has 0 saturated heterocycles. The van der Waals surface area contributed by atoms with Crippen LogP contribution in [0.2, 0.25) is 0 Å². The quantitative estimate of drug-likeness (QED) is 0.423. The van der Waals surface area contributed by atoms with Gasteiger partial charge in [0.15, 0.2) is 0 Å². The summed E-state index contributed by atoms with van der Waals surface area (Å²) in [7, 11) is -3.74. The Hall–Kier alpha value is -2.74. The third kappa shape index (κ3) is 4.53. The zero-order valence-corrected chi connectivity index (χ0v) is 20.1. The number of nitrogens with zero attached hydrogens (tertiary/aromatic N) is 1. The first kappa shape index (κ1) is 22.1. The van der Waals surface area contributed by atoms with E-state index in [0.717, 1.165) is 40.8 Å². The van der Waals surface area contributed by atoms with Crippen molar-refractivity contribution in [2.24, 2.45) is 0 Å². The Bertz CT molecular complexity index is 1470. The fourth-order valence-corrected chi connectivity index (χ4v) is 6.78. The summed E-state index contributed by atoms with van der Waals surface area (Å²) in [6.07, 6.45) is 4.56. The molecule has 33 heavy (non-hydrogen) atoms. The Kier molecular flexibility index (Phi) is 5.95. The molecule has 0 spiro atoms. The summed E-state index contributed by atoms with van der Waals surface area (Å²) in [4.78, 5) is 12.7. The Balaban J connectivity index is 1.40. The maximum atomic E-state index is 13.1. The van der Waals surface area contributed by atoms with Gasteiger partial charge in [-0.2, -0.15) is 0 Å². The number of rotatable bonds is 6. The van der Waals surface area contributed by atoms with Crippen LogP contribution in [-0.4, -0.2) is 13.0 Å². The zero-order chi connectivity index (χ0) is 23.0. The molecule has 1 aromatic heterocycles. The van der Waals surface area contributed by atoms with Crippen LogP contribution in [0.3, 0.4) is 0 Å². The van der Waals surface area contributed by atoms with Gasteiger partial charge < -0.3 is 0 Å². The molecule has 0 aliphatic heterocycles. The van der Waals surface area contributed by atoms with E-state index in [4.69, 9.17) is 0 Å². The van der Waals surface area contributed by atoms with Gasteiger partial charge in [0.25, 0.3) is 0 Å². The SMILES string of the molecule is C[C@@H](NS(=O)(=O)c1ccc2c(c1)sc(=O)n2Cc1ccccc1)c1ccc2c(c1)CCCC2. The van der Waals surface area contributed by atoms with Gasteiger partial charge >= 0.3 is 4.87 Å². The molecule has 4 aromatic rings. The smallest absolute Gasteiger partial charge is 0.294 e. The second-order valence-electron chi connectivity index (χ2n) is 8.65.